The van der Waals surface area contributed by atoms with Crippen LogP contribution < -0.4 is 0 Å². The molecule has 3 unspecified atom stereocenters. The highest BCUT2D eigenvalue weighted by Crippen LogP contribution is 2.35. The van der Waals surface area contributed by atoms with Gasteiger partial charge in [0.25, 0.3) is 0 Å². The number of hydrogen-bond acceptors (Lipinski definition) is 1. The Labute approximate surface area is 88.9 Å². The fourth-order valence-electron chi connectivity index (χ4n) is 3.14. The van der Waals surface area contributed by atoms with Crippen molar-refractivity contribution in [3.63, 3.8) is 0 Å². The second-order valence-corrected chi connectivity index (χ2v) is 5.46. The van der Waals surface area contributed by atoms with E-state index in [-0.39, 0.29) is 6.10 Å². The summed E-state index contributed by atoms with van der Waals surface area (Å²) in [5.74, 6) is 2.53. The lowest BCUT2D eigenvalue weighted by Gasteiger charge is -2.32. The minimum atomic E-state index is -0.0394. The first kappa shape index (κ1) is 12.0. The van der Waals surface area contributed by atoms with Crippen LogP contribution in [0.5, 0.6) is 0 Å². The highest BCUT2D eigenvalue weighted by atomic mass is 16.3. The first-order valence-corrected chi connectivity index (χ1v) is 6.29. The molecule has 0 bridgehead atoms. The van der Waals surface area contributed by atoms with Crippen LogP contribution in [0, 0.1) is 17.8 Å². The number of hydrogen-bond donors (Lipinski definition) is 1. The third-order valence-electron chi connectivity index (χ3n) is 3.50. The van der Waals surface area contributed by atoms with E-state index in [1.807, 2.05) is 0 Å². The fourth-order valence-corrected chi connectivity index (χ4v) is 3.14. The van der Waals surface area contributed by atoms with Gasteiger partial charge in [-0.1, -0.05) is 27.2 Å². The van der Waals surface area contributed by atoms with Crippen molar-refractivity contribution in [2.75, 3.05) is 0 Å². The molecule has 0 aromatic carbocycles. The monoisotopic (exact) mass is 198 g/mol. The van der Waals surface area contributed by atoms with Gasteiger partial charge in [0.2, 0.25) is 0 Å². The molecule has 0 spiro atoms. The average Bonchev–Trinajstić information content (AvgIpc) is 2.01. The van der Waals surface area contributed by atoms with Crippen LogP contribution in [-0.2, 0) is 0 Å². The van der Waals surface area contributed by atoms with Crippen LogP contribution in [0.15, 0.2) is 0 Å². The van der Waals surface area contributed by atoms with Gasteiger partial charge in [-0.15, -0.1) is 0 Å². The maximum atomic E-state index is 9.77. The third kappa shape index (κ3) is 4.00. The number of aliphatic hydroxyl groups is 1. The molecule has 1 nitrogen and oxygen atoms in total. The van der Waals surface area contributed by atoms with Gasteiger partial charge in [-0.3, -0.25) is 0 Å². The second-order valence-electron chi connectivity index (χ2n) is 5.46. The van der Waals surface area contributed by atoms with Gasteiger partial charge in [-0.25, -0.2) is 0 Å². The van der Waals surface area contributed by atoms with Crippen molar-refractivity contribution in [3.05, 3.63) is 0 Å². The lowest BCUT2D eigenvalue weighted by Crippen LogP contribution is -2.23. The summed E-state index contributed by atoms with van der Waals surface area (Å²) in [7, 11) is 0. The molecule has 0 aromatic rings. The fraction of sp³-hybridized carbons (Fsp3) is 1.00. The van der Waals surface area contributed by atoms with Crippen LogP contribution in [0.25, 0.3) is 0 Å². The lowest BCUT2D eigenvalue weighted by molar-refractivity contribution is 0.102. The molecule has 1 heteroatoms. The summed E-state index contributed by atoms with van der Waals surface area (Å²) in [5, 5.41) is 9.77. The van der Waals surface area contributed by atoms with Crippen LogP contribution in [0.4, 0.5) is 0 Å². The lowest BCUT2D eigenvalue weighted by atomic mass is 9.74. The van der Waals surface area contributed by atoms with Gasteiger partial charge in [-0.05, 0) is 49.9 Å². The smallest absolute Gasteiger partial charge is 0.0542 e. The SMILES string of the molecule is CCCC(O)CC1CC(C)CC(C)C1. The zero-order valence-corrected chi connectivity index (χ0v) is 10.00. The van der Waals surface area contributed by atoms with E-state index in [9.17, 15) is 5.11 Å². The van der Waals surface area contributed by atoms with E-state index < -0.39 is 0 Å². The van der Waals surface area contributed by atoms with E-state index in [2.05, 4.69) is 20.8 Å². The Hall–Kier alpha value is -0.0400. The van der Waals surface area contributed by atoms with Crippen LogP contribution in [0.1, 0.15) is 59.3 Å². The third-order valence-corrected chi connectivity index (χ3v) is 3.50. The second kappa shape index (κ2) is 5.75. The van der Waals surface area contributed by atoms with Gasteiger partial charge in [0.1, 0.15) is 0 Å². The zero-order chi connectivity index (χ0) is 10.6. The summed E-state index contributed by atoms with van der Waals surface area (Å²) in [5.41, 5.74) is 0. The van der Waals surface area contributed by atoms with Crippen molar-refractivity contribution in [2.45, 2.75) is 65.4 Å². The molecule has 0 heterocycles. The van der Waals surface area contributed by atoms with E-state index in [4.69, 9.17) is 0 Å². The number of aliphatic hydroxyl groups excluding tert-OH is 1. The molecule has 84 valence electrons. The standard InChI is InChI=1S/C13H26O/c1-4-5-13(14)9-12-7-10(2)6-11(3)8-12/h10-14H,4-9H2,1-3H3. The Morgan fingerprint density at radius 2 is 1.71 bits per heavy atom. The van der Waals surface area contributed by atoms with Gasteiger partial charge in [0, 0.05) is 0 Å². The van der Waals surface area contributed by atoms with E-state index in [0.717, 1.165) is 37.0 Å². The summed E-state index contributed by atoms with van der Waals surface area (Å²) >= 11 is 0. The van der Waals surface area contributed by atoms with Crippen molar-refractivity contribution in [2.24, 2.45) is 17.8 Å². The first-order chi connectivity index (χ1) is 6.61. The molecule has 0 amide bonds. The average molecular weight is 198 g/mol. The largest absolute Gasteiger partial charge is 0.393 e. The van der Waals surface area contributed by atoms with E-state index >= 15 is 0 Å². The van der Waals surface area contributed by atoms with Crippen molar-refractivity contribution in [3.8, 4) is 0 Å². The Balaban J connectivity index is 2.29. The minimum absolute atomic E-state index is 0.0394. The Morgan fingerprint density at radius 1 is 1.14 bits per heavy atom. The molecule has 0 aliphatic heterocycles. The topological polar surface area (TPSA) is 20.2 Å². The zero-order valence-electron chi connectivity index (χ0n) is 10.00. The molecule has 1 N–H and O–H groups in total. The molecule has 1 fully saturated rings. The summed E-state index contributed by atoms with van der Waals surface area (Å²) in [6.07, 6.45) is 7.17. The van der Waals surface area contributed by atoms with Gasteiger partial charge in [-0.2, -0.15) is 0 Å². The van der Waals surface area contributed by atoms with Gasteiger partial charge in [0.05, 0.1) is 6.10 Å². The van der Waals surface area contributed by atoms with Gasteiger partial charge < -0.3 is 5.11 Å². The number of rotatable bonds is 4. The molecule has 14 heavy (non-hydrogen) atoms. The predicted octanol–water partition coefficient (Wildman–Crippen LogP) is 3.61. The summed E-state index contributed by atoms with van der Waals surface area (Å²) in [6, 6.07) is 0. The molecule has 0 aromatic heterocycles. The molecular formula is C13H26O. The first-order valence-electron chi connectivity index (χ1n) is 6.29. The van der Waals surface area contributed by atoms with E-state index in [0.29, 0.717) is 0 Å². The maximum Gasteiger partial charge on any atom is 0.0542 e. The molecular weight excluding hydrogens is 172 g/mol. The summed E-state index contributed by atoms with van der Waals surface area (Å²) in [4.78, 5) is 0. The van der Waals surface area contributed by atoms with Gasteiger partial charge in [0.15, 0.2) is 0 Å². The molecule has 3 atom stereocenters. The van der Waals surface area contributed by atoms with Crippen molar-refractivity contribution < 1.29 is 5.11 Å². The molecule has 1 saturated carbocycles. The normalized spacial score (nSPS) is 35.6. The predicted molar refractivity (Wildman–Crippen MR) is 61.2 cm³/mol. The molecule has 0 radical (unpaired) electrons. The van der Waals surface area contributed by atoms with Crippen LogP contribution in [0.3, 0.4) is 0 Å². The molecule has 1 rings (SSSR count). The molecule has 1 aliphatic rings. The quantitative estimate of drug-likeness (QED) is 0.731. The van der Waals surface area contributed by atoms with Crippen LogP contribution >= 0.6 is 0 Å². The van der Waals surface area contributed by atoms with E-state index in [1.165, 1.54) is 19.3 Å². The van der Waals surface area contributed by atoms with Crippen LogP contribution in [-0.4, -0.2) is 11.2 Å². The highest BCUT2D eigenvalue weighted by molar-refractivity contribution is 4.76. The van der Waals surface area contributed by atoms with Crippen LogP contribution in [0.2, 0.25) is 0 Å². The van der Waals surface area contributed by atoms with Gasteiger partial charge >= 0.3 is 0 Å². The minimum Gasteiger partial charge on any atom is -0.393 e. The highest BCUT2D eigenvalue weighted by Gasteiger charge is 2.25. The molecule has 1 aliphatic carbocycles. The van der Waals surface area contributed by atoms with E-state index in [1.54, 1.807) is 0 Å². The summed E-state index contributed by atoms with van der Waals surface area (Å²) < 4.78 is 0. The molecule has 0 saturated heterocycles. The van der Waals surface area contributed by atoms with Crippen molar-refractivity contribution >= 4 is 0 Å². The van der Waals surface area contributed by atoms with Crippen molar-refractivity contribution in [1.82, 2.24) is 0 Å². The Morgan fingerprint density at radius 3 is 2.21 bits per heavy atom. The Kier molecular flexibility index (Phi) is 4.94. The Bertz CT molecular complexity index is 145. The van der Waals surface area contributed by atoms with Crippen molar-refractivity contribution in [1.29, 1.82) is 0 Å². The maximum absolute atomic E-state index is 9.77. The summed E-state index contributed by atoms with van der Waals surface area (Å²) in [6.45, 7) is 6.86.